The van der Waals surface area contributed by atoms with Gasteiger partial charge in [-0.2, -0.15) is 5.26 Å². The van der Waals surface area contributed by atoms with Gasteiger partial charge in [-0.25, -0.2) is 14.0 Å². The van der Waals surface area contributed by atoms with Gasteiger partial charge in [0, 0.05) is 24.5 Å². The predicted molar refractivity (Wildman–Crippen MR) is 127 cm³/mol. The fraction of sp³-hybridized carbons (Fsp3) is 0.192. The highest BCUT2D eigenvalue weighted by Gasteiger charge is 2.23. The zero-order valence-corrected chi connectivity index (χ0v) is 19.1. The maximum absolute atomic E-state index is 13.0. The van der Waals surface area contributed by atoms with Crippen LogP contribution in [-0.2, 0) is 38.5 Å². The molecule has 184 valence electrons. The van der Waals surface area contributed by atoms with Crippen molar-refractivity contribution in [1.29, 1.82) is 5.26 Å². The fourth-order valence-electron chi connectivity index (χ4n) is 3.16. The van der Waals surface area contributed by atoms with Crippen molar-refractivity contribution in [1.82, 2.24) is 10.3 Å². The average Bonchev–Trinajstić information content (AvgIpc) is 2.88. The number of alkyl carbamates (subject to hydrolysis) is 1. The van der Waals surface area contributed by atoms with E-state index in [9.17, 15) is 18.8 Å². The molecule has 0 saturated heterocycles. The largest absolute Gasteiger partial charge is 0.449 e. The van der Waals surface area contributed by atoms with Crippen LogP contribution in [-0.4, -0.2) is 35.6 Å². The van der Waals surface area contributed by atoms with Gasteiger partial charge in [-0.15, -0.1) is 0 Å². The fourth-order valence-corrected chi connectivity index (χ4v) is 3.16. The van der Waals surface area contributed by atoms with Crippen molar-refractivity contribution >= 4 is 23.7 Å². The molecule has 0 unspecified atom stereocenters. The molecule has 9 nitrogen and oxygen atoms in total. The number of nitriles is 1. The second kappa shape index (κ2) is 13.2. The Labute approximate surface area is 206 Å². The Morgan fingerprint density at radius 1 is 0.972 bits per heavy atom. The lowest BCUT2D eigenvalue weighted by atomic mass is 10.1. The predicted octanol–water partition coefficient (Wildman–Crippen LogP) is 3.31. The molecule has 36 heavy (non-hydrogen) atoms. The van der Waals surface area contributed by atoms with Gasteiger partial charge >= 0.3 is 12.1 Å². The van der Waals surface area contributed by atoms with Crippen molar-refractivity contribution in [3.05, 3.63) is 95.6 Å². The van der Waals surface area contributed by atoms with Gasteiger partial charge in [0.2, 0.25) is 5.91 Å². The van der Waals surface area contributed by atoms with Crippen LogP contribution in [0.15, 0.2) is 73.1 Å². The number of carbonyl (C=O) groups is 3. The SMILES string of the molecule is N#CCOC(=O)[C@H](Cc1cccnc1)NC(=O)OCc1ccc(NC(=O)Cc2ccc(F)cc2)cc1. The Morgan fingerprint density at radius 2 is 1.69 bits per heavy atom. The number of hydrogen-bond donors (Lipinski definition) is 2. The summed E-state index contributed by atoms with van der Waals surface area (Å²) in [5, 5.41) is 13.8. The maximum Gasteiger partial charge on any atom is 0.408 e. The zero-order chi connectivity index (χ0) is 25.8. The zero-order valence-electron chi connectivity index (χ0n) is 19.1. The molecule has 1 aromatic heterocycles. The molecule has 0 aliphatic carbocycles. The first-order valence-electron chi connectivity index (χ1n) is 10.9. The van der Waals surface area contributed by atoms with E-state index in [4.69, 9.17) is 14.7 Å². The summed E-state index contributed by atoms with van der Waals surface area (Å²) in [7, 11) is 0. The first kappa shape index (κ1) is 25.8. The number of anilines is 1. The third kappa shape index (κ3) is 8.53. The number of nitrogens with zero attached hydrogens (tertiary/aromatic N) is 2. The summed E-state index contributed by atoms with van der Waals surface area (Å²) in [6, 6.07) is 16.4. The van der Waals surface area contributed by atoms with E-state index in [1.54, 1.807) is 67.0 Å². The normalized spacial score (nSPS) is 11.0. The lowest BCUT2D eigenvalue weighted by Crippen LogP contribution is -2.43. The summed E-state index contributed by atoms with van der Waals surface area (Å²) in [4.78, 5) is 40.7. The first-order chi connectivity index (χ1) is 17.4. The summed E-state index contributed by atoms with van der Waals surface area (Å²) in [5.74, 6) is -1.39. The molecule has 0 aliphatic heterocycles. The van der Waals surface area contributed by atoms with Crippen molar-refractivity contribution in [2.45, 2.75) is 25.5 Å². The molecule has 0 spiro atoms. The quantitative estimate of drug-likeness (QED) is 0.417. The minimum absolute atomic E-state index is 0.0809. The molecule has 1 atom stereocenters. The molecule has 0 fully saturated rings. The van der Waals surface area contributed by atoms with E-state index >= 15 is 0 Å². The van der Waals surface area contributed by atoms with Gasteiger partial charge in [-0.3, -0.25) is 9.78 Å². The number of nitrogens with one attached hydrogen (secondary N) is 2. The Balaban J connectivity index is 1.49. The number of halogens is 1. The third-order valence-electron chi connectivity index (χ3n) is 4.90. The minimum Gasteiger partial charge on any atom is -0.449 e. The lowest BCUT2D eigenvalue weighted by Gasteiger charge is -2.17. The lowest BCUT2D eigenvalue weighted by molar-refractivity contribution is -0.144. The molecule has 3 rings (SSSR count). The van der Waals surface area contributed by atoms with Crippen molar-refractivity contribution < 1.29 is 28.2 Å². The second-order valence-corrected chi connectivity index (χ2v) is 7.65. The second-order valence-electron chi connectivity index (χ2n) is 7.65. The Kier molecular flexibility index (Phi) is 9.47. The molecule has 1 heterocycles. The van der Waals surface area contributed by atoms with E-state index in [0.717, 1.165) is 0 Å². The van der Waals surface area contributed by atoms with Crippen LogP contribution in [0.25, 0.3) is 0 Å². The molecular weight excluding hydrogens is 467 g/mol. The number of aromatic nitrogens is 1. The molecule has 0 saturated carbocycles. The molecule has 0 radical (unpaired) electrons. The number of benzene rings is 2. The van der Waals surface area contributed by atoms with Crippen LogP contribution in [0.2, 0.25) is 0 Å². The maximum atomic E-state index is 13.0. The van der Waals surface area contributed by atoms with E-state index in [0.29, 0.717) is 22.4 Å². The molecule has 2 N–H and O–H groups in total. The van der Waals surface area contributed by atoms with Crippen molar-refractivity contribution in [2.75, 3.05) is 11.9 Å². The topological polar surface area (TPSA) is 130 Å². The highest BCUT2D eigenvalue weighted by atomic mass is 19.1. The van der Waals surface area contributed by atoms with Gasteiger partial charge in [0.05, 0.1) is 6.42 Å². The number of esters is 1. The summed E-state index contributed by atoms with van der Waals surface area (Å²) in [6.45, 7) is -0.519. The molecule has 2 aromatic carbocycles. The third-order valence-corrected chi connectivity index (χ3v) is 4.90. The van der Waals surface area contributed by atoms with E-state index in [1.807, 2.05) is 0 Å². The van der Waals surface area contributed by atoms with E-state index in [1.165, 1.54) is 12.1 Å². The Morgan fingerprint density at radius 3 is 2.36 bits per heavy atom. The average molecular weight is 490 g/mol. The van der Waals surface area contributed by atoms with Crippen LogP contribution >= 0.6 is 0 Å². The van der Waals surface area contributed by atoms with Crippen LogP contribution in [0.5, 0.6) is 0 Å². The summed E-state index contributed by atoms with van der Waals surface area (Å²) in [6.07, 6.45) is 2.50. The van der Waals surface area contributed by atoms with Gasteiger partial charge in [0.25, 0.3) is 0 Å². The smallest absolute Gasteiger partial charge is 0.408 e. The summed E-state index contributed by atoms with van der Waals surface area (Å²) < 4.78 is 23.0. The number of ether oxygens (including phenoxy) is 2. The van der Waals surface area contributed by atoms with Gasteiger partial charge in [0.15, 0.2) is 6.61 Å². The van der Waals surface area contributed by atoms with E-state index in [2.05, 4.69) is 15.6 Å². The van der Waals surface area contributed by atoms with Crippen LogP contribution in [0.1, 0.15) is 16.7 Å². The number of hydrogen-bond acceptors (Lipinski definition) is 7. The Hall–Kier alpha value is -4.78. The van der Waals surface area contributed by atoms with E-state index < -0.39 is 24.7 Å². The highest BCUT2D eigenvalue weighted by Crippen LogP contribution is 2.12. The van der Waals surface area contributed by atoms with Crippen LogP contribution in [0.3, 0.4) is 0 Å². The molecule has 2 amide bonds. The monoisotopic (exact) mass is 490 g/mol. The van der Waals surface area contributed by atoms with Gasteiger partial charge in [-0.05, 0) is 47.0 Å². The minimum atomic E-state index is -1.06. The van der Waals surface area contributed by atoms with Crippen LogP contribution < -0.4 is 10.6 Å². The molecule has 0 aliphatic rings. The van der Waals surface area contributed by atoms with Crippen LogP contribution in [0.4, 0.5) is 14.9 Å². The highest BCUT2D eigenvalue weighted by molar-refractivity contribution is 5.92. The van der Waals surface area contributed by atoms with Crippen molar-refractivity contribution in [3.8, 4) is 6.07 Å². The number of pyridine rings is 1. The van der Waals surface area contributed by atoms with E-state index in [-0.39, 0.29) is 31.2 Å². The van der Waals surface area contributed by atoms with Crippen LogP contribution in [0, 0.1) is 17.1 Å². The molecular formula is C26H23FN4O5. The van der Waals surface area contributed by atoms with Crippen molar-refractivity contribution in [3.63, 3.8) is 0 Å². The molecule has 10 heteroatoms. The summed E-state index contributed by atoms with van der Waals surface area (Å²) >= 11 is 0. The first-order valence-corrected chi connectivity index (χ1v) is 10.9. The number of rotatable bonds is 10. The van der Waals surface area contributed by atoms with Gasteiger partial charge in [0.1, 0.15) is 24.5 Å². The number of amides is 2. The Bertz CT molecular complexity index is 1210. The standard InChI is InChI=1S/C26H23FN4O5/c27-21-7-3-18(4-8-21)15-24(32)30-22-9-5-19(6-10-22)17-36-26(34)31-23(25(33)35-13-11-28)14-20-2-1-12-29-16-20/h1-10,12,16,23H,13-15,17H2,(H,30,32)(H,31,34)/t23-/m0/s1. The molecule has 3 aromatic rings. The summed E-state index contributed by atoms with van der Waals surface area (Å²) in [5.41, 5.74) is 2.57. The molecule has 0 bridgehead atoms. The van der Waals surface area contributed by atoms with Gasteiger partial charge < -0.3 is 20.1 Å². The number of carbonyl (C=O) groups excluding carboxylic acids is 3. The van der Waals surface area contributed by atoms with Crippen molar-refractivity contribution in [2.24, 2.45) is 0 Å². The van der Waals surface area contributed by atoms with Gasteiger partial charge in [-0.1, -0.05) is 30.3 Å².